The van der Waals surface area contributed by atoms with Crippen molar-refractivity contribution >= 4 is 17.5 Å². The Kier molecular flexibility index (Phi) is 3.97. The van der Waals surface area contributed by atoms with Crippen LogP contribution in [0.1, 0.15) is 15.9 Å². The van der Waals surface area contributed by atoms with Crippen molar-refractivity contribution in [1.29, 1.82) is 0 Å². The number of aromatic carboxylic acids is 1. The average molecular weight is 306 g/mol. The fraction of sp³-hybridized carbons (Fsp3) is 0.0588. The number of carboxylic acids is 1. The number of benzene rings is 1. The summed E-state index contributed by atoms with van der Waals surface area (Å²) in [7, 11) is 0. The molecule has 0 unspecified atom stereocenters. The third kappa shape index (κ3) is 3.16. The minimum Gasteiger partial charge on any atom is -0.478 e. The number of hydrogen-bond acceptors (Lipinski definition) is 5. The van der Waals surface area contributed by atoms with Gasteiger partial charge in [-0.25, -0.2) is 19.7 Å². The van der Waals surface area contributed by atoms with E-state index < -0.39 is 5.97 Å². The fourth-order valence-corrected chi connectivity index (χ4v) is 2.18. The molecule has 114 valence electrons. The van der Waals surface area contributed by atoms with Gasteiger partial charge in [0, 0.05) is 23.6 Å². The van der Waals surface area contributed by atoms with Crippen molar-refractivity contribution in [2.75, 3.05) is 5.32 Å². The molecule has 0 radical (unpaired) electrons. The van der Waals surface area contributed by atoms with E-state index in [4.69, 9.17) is 5.11 Å². The zero-order valence-electron chi connectivity index (χ0n) is 12.4. The van der Waals surface area contributed by atoms with Gasteiger partial charge >= 0.3 is 5.97 Å². The first-order valence-corrected chi connectivity index (χ1v) is 6.97. The summed E-state index contributed by atoms with van der Waals surface area (Å²) in [5.41, 5.74) is 3.39. The molecular formula is C17H14N4O2. The molecule has 6 heteroatoms. The Morgan fingerprint density at radius 1 is 1.13 bits per heavy atom. The molecule has 0 spiro atoms. The Hall–Kier alpha value is -3.28. The number of nitrogens with zero attached hydrogens (tertiary/aromatic N) is 3. The molecule has 0 aliphatic heterocycles. The number of pyridine rings is 1. The molecule has 6 nitrogen and oxygen atoms in total. The lowest BCUT2D eigenvalue weighted by Crippen LogP contribution is -2.02. The van der Waals surface area contributed by atoms with Crippen LogP contribution < -0.4 is 5.32 Å². The molecule has 0 atom stereocenters. The summed E-state index contributed by atoms with van der Waals surface area (Å²) in [5.74, 6) is -0.359. The minimum atomic E-state index is -0.968. The lowest BCUT2D eigenvalue weighted by atomic mass is 10.1. The molecule has 0 aliphatic rings. The molecule has 0 fully saturated rings. The summed E-state index contributed by atoms with van der Waals surface area (Å²) in [4.78, 5) is 23.6. The third-order valence-corrected chi connectivity index (χ3v) is 3.40. The molecule has 23 heavy (non-hydrogen) atoms. The van der Waals surface area contributed by atoms with E-state index in [2.05, 4.69) is 20.3 Å². The predicted molar refractivity (Wildman–Crippen MR) is 86.7 cm³/mol. The highest BCUT2D eigenvalue weighted by atomic mass is 16.4. The zero-order valence-corrected chi connectivity index (χ0v) is 12.4. The van der Waals surface area contributed by atoms with Gasteiger partial charge in [-0.2, -0.15) is 0 Å². The average Bonchev–Trinajstić information content (AvgIpc) is 2.58. The van der Waals surface area contributed by atoms with Crippen LogP contribution in [-0.2, 0) is 0 Å². The second-order valence-electron chi connectivity index (χ2n) is 4.95. The lowest BCUT2D eigenvalue weighted by Gasteiger charge is -2.13. The molecule has 2 heterocycles. The largest absolute Gasteiger partial charge is 0.478 e. The van der Waals surface area contributed by atoms with Crippen LogP contribution in [0.25, 0.3) is 11.3 Å². The standard InChI is InChI=1S/C17H14N4O2/c1-11-4-5-12(17(22)23)9-15(11)21-16-13(3-2-7-19-16)14-6-8-18-10-20-14/h2-10H,1H3,(H,19,21)(H,22,23). The molecule has 0 aliphatic carbocycles. The van der Waals surface area contributed by atoms with Gasteiger partial charge in [0.25, 0.3) is 0 Å². The van der Waals surface area contributed by atoms with Crippen LogP contribution in [0.2, 0.25) is 0 Å². The second kappa shape index (κ2) is 6.23. The number of aromatic nitrogens is 3. The highest BCUT2D eigenvalue weighted by molar-refractivity contribution is 5.90. The zero-order chi connectivity index (χ0) is 16.2. The summed E-state index contributed by atoms with van der Waals surface area (Å²) >= 11 is 0. The molecule has 2 aromatic heterocycles. The maximum absolute atomic E-state index is 11.1. The van der Waals surface area contributed by atoms with Gasteiger partial charge in [0.05, 0.1) is 11.3 Å². The summed E-state index contributed by atoms with van der Waals surface area (Å²) in [5, 5.41) is 12.3. The van der Waals surface area contributed by atoms with Gasteiger partial charge in [-0.15, -0.1) is 0 Å². The summed E-state index contributed by atoms with van der Waals surface area (Å²) in [6.07, 6.45) is 4.81. The number of carbonyl (C=O) groups is 1. The fourth-order valence-electron chi connectivity index (χ4n) is 2.18. The van der Waals surface area contributed by atoms with E-state index >= 15 is 0 Å². The normalized spacial score (nSPS) is 10.3. The quantitative estimate of drug-likeness (QED) is 0.769. The minimum absolute atomic E-state index is 0.220. The van der Waals surface area contributed by atoms with Crippen molar-refractivity contribution in [3.63, 3.8) is 0 Å². The molecule has 0 saturated carbocycles. The molecule has 0 amide bonds. The number of nitrogens with one attached hydrogen (secondary N) is 1. The Labute approximate surface area is 132 Å². The van der Waals surface area contributed by atoms with Gasteiger partial charge in [0.1, 0.15) is 12.1 Å². The molecule has 2 N–H and O–H groups in total. The van der Waals surface area contributed by atoms with Crippen LogP contribution in [0, 0.1) is 6.92 Å². The van der Waals surface area contributed by atoms with Crippen LogP contribution in [0.5, 0.6) is 0 Å². The van der Waals surface area contributed by atoms with Crippen molar-refractivity contribution < 1.29 is 9.90 Å². The van der Waals surface area contributed by atoms with E-state index in [-0.39, 0.29) is 5.56 Å². The Morgan fingerprint density at radius 2 is 2.00 bits per heavy atom. The highest BCUT2D eigenvalue weighted by Gasteiger charge is 2.11. The van der Waals surface area contributed by atoms with E-state index in [9.17, 15) is 4.79 Å². The van der Waals surface area contributed by atoms with Gasteiger partial charge < -0.3 is 10.4 Å². The van der Waals surface area contributed by atoms with Gasteiger partial charge in [-0.05, 0) is 42.8 Å². The van der Waals surface area contributed by atoms with Crippen LogP contribution in [-0.4, -0.2) is 26.0 Å². The maximum Gasteiger partial charge on any atom is 0.335 e. The van der Waals surface area contributed by atoms with Crippen LogP contribution >= 0.6 is 0 Å². The van der Waals surface area contributed by atoms with E-state index in [1.807, 2.05) is 19.1 Å². The Bertz CT molecular complexity index is 850. The topological polar surface area (TPSA) is 88.0 Å². The highest BCUT2D eigenvalue weighted by Crippen LogP contribution is 2.28. The number of rotatable bonds is 4. The van der Waals surface area contributed by atoms with E-state index in [1.165, 1.54) is 6.33 Å². The van der Waals surface area contributed by atoms with Crippen molar-refractivity contribution in [3.05, 3.63) is 66.2 Å². The van der Waals surface area contributed by atoms with Crippen LogP contribution in [0.3, 0.4) is 0 Å². The molecule has 3 aromatic rings. The molecule has 3 rings (SSSR count). The first-order chi connectivity index (χ1) is 11.1. The van der Waals surface area contributed by atoms with Crippen molar-refractivity contribution in [2.45, 2.75) is 6.92 Å². The SMILES string of the molecule is Cc1ccc(C(=O)O)cc1Nc1ncccc1-c1ccncn1. The summed E-state index contributed by atoms with van der Waals surface area (Å²) in [6, 6.07) is 10.4. The molecule has 0 saturated heterocycles. The van der Waals surface area contributed by atoms with E-state index in [0.29, 0.717) is 11.5 Å². The monoisotopic (exact) mass is 306 g/mol. The van der Waals surface area contributed by atoms with Gasteiger partial charge in [0.15, 0.2) is 0 Å². The van der Waals surface area contributed by atoms with Gasteiger partial charge in [0.2, 0.25) is 0 Å². The summed E-state index contributed by atoms with van der Waals surface area (Å²) < 4.78 is 0. The van der Waals surface area contributed by atoms with Crippen molar-refractivity contribution in [1.82, 2.24) is 15.0 Å². The number of hydrogen-bond donors (Lipinski definition) is 2. The van der Waals surface area contributed by atoms with Crippen LogP contribution in [0.15, 0.2) is 55.1 Å². The van der Waals surface area contributed by atoms with Crippen molar-refractivity contribution in [2.24, 2.45) is 0 Å². The first kappa shape index (κ1) is 14.6. The Morgan fingerprint density at radius 3 is 2.74 bits per heavy atom. The molecule has 1 aromatic carbocycles. The van der Waals surface area contributed by atoms with Crippen molar-refractivity contribution in [3.8, 4) is 11.3 Å². The second-order valence-corrected chi connectivity index (χ2v) is 4.95. The first-order valence-electron chi connectivity index (χ1n) is 6.97. The van der Waals surface area contributed by atoms with E-state index in [0.717, 1.165) is 16.8 Å². The molecule has 0 bridgehead atoms. The van der Waals surface area contributed by atoms with Gasteiger partial charge in [-0.3, -0.25) is 0 Å². The number of anilines is 2. The van der Waals surface area contributed by atoms with Gasteiger partial charge in [-0.1, -0.05) is 6.07 Å². The lowest BCUT2D eigenvalue weighted by molar-refractivity contribution is 0.0697. The summed E-state index contributed by atoms with van der Waals surface area (Å²) in [6.45, 7) is 1.90. The number of carboxylic acid groups (broad SMARTS) is 1. The van der Waals surface area contributed by atoms with E-state index in [1.54, 1.807) is 36.7 Å². The smallest absolute Gasteiger partial charge is 0.335 e. The third-order valence-electron chi connectivity index (χ3n) is 3.40. The van der Waals surface area contributed by atoms with Crippen LogP contribution in [0.4, 0.5) is 11.5 Å². The molecular weight excluding hydrogens is 292 g/mol. The maximum atomic E-state index is 11.1. The number of aryl methyl sites for hydroxylation is 1. The predicted octanol–water partition coefficient (Wildman–Crippen LogP) is 3.29. The Balaban J connectivity index is 2.02.